The van der Waals surface area contributed by atoms with E-state index in [4.69, 9.17) is 0 Å². The van der Waals surface area contributed by atoms with Gasteiger partial charge in [-0.3, -0.25) is 0 Å². The van der Waals surface area contributed by atoms with Gasteiger partial charge in [0.05, 0.1) is 0 Å². The minimum atomic E-state index is 0.567. The van der Waals surface area contributed by atoms with Gasteiger partial charge in [0.2, 0.25) is 0 Å². The summed E-state index contributed by atoms with van der Waals surface area (Å²) in [6.45, 7) is 14.2. The first-order chi connectivity index (χ1) is 8.82. The second-order valence-corrected chi connectivity index (χ2v) is 7.73. The van der Waals surface area contributed by atoms with E-state index in [9.17, 15) is 0 Å². The van der Waals surface area contributed by atoms with Gasteiger partial charge in [0, 0.05) is 12.1 Å². The Labute approximate surface area is 121 Å². The van der Waals surface area contributed by atoms with Crippen LogP contribution in [0.5, 0.6) is 0 Å². The maximum Gasteiger partial charge on any atom is 0.00930 e. The standard InChI is InChI=1S/C17H36N2/c1-14(2)19(6)12-8-7-11-18-16-9-10-17(4,5)13-15(16)3/h14-16,18H,7-13H2,1-6H3. The van der Waals surface area contributed by atoms with E-state index < -0.39 is 0 Å². The number of rotatable bonds is 7. The summed E-state index contributed by atoms with van der Waals surface area (Å²) < 4.78 is 0. The number of nitrogens with one attached hydrogen (secondary N) is 1. The van der Waals surface area contributed by atoms with E-state index in [1.54, 1.807) is 0 Å². The van der Waals surface area contributed by atoms with Crippen LogP contribution in [0.4, 0.5) is 0 Å². The molecule has 2 heteroatoms. The van der Waals surface area contributed by atoms with E-state index in [2.05, 4.69) is 51.9 Å². The largest absolute Gasteiger partial charge is 0.314 e. The molecule has 1 aliphatic rings. The summed E-state index contributed by atoms with van der Waals surface area (Å²) in [6, 6.07) is 1.43. The lowest BCUT2D eigenvalue weighted by molar-refractivity contribution is 0.148. The molecule has 1 aliphatic carbocycles. The molecule has 0 aromatic carbocycles. The quantitative estimate of drug-likeness (QED) is 0.704. The van der Waals surface area contributed by atoms with Crippen LogP contribution >= 0.6 is 0 Å². The van der Waals surface area contributed by atoms with E-state index >= 15 is 0 Å². The third-order valence-corrected chi connectivity index (χ3v) is 4.92. The van der Waals surface area contributed by atoms with E-state index in [0.29, 0.717) is 11.5 Å². The summed E-state index contributed by atoms with van der Waals surface area (Å²) in [5.74, 6) is 0.835. The monoisotopic (exact) mass is 268 g/mol. The molecule has 0 heterocycles. The Hall–Kier alpha value is -0.0800. The molecule has 0 radical (unpaired) electrons. The molecule has 1 fully saturated rings. The molecule has 0 spiro atoms. The third-order valence-electron chi connectivity index (χ3n) is 4.92. The van der Waals surface area contributed by atoms with E-state index in [1.165, 1.54) is 45.2 Å². The molecule has 1 saturated carbocycles. The minimum absolute atomic E-state index is 0.567. The highest BCUT2D eigenvalue weighted by Crippen LogP contribution is 2.38. The zero-order valence-corrected chi connectivity index (χ0v) is 14.1. The Morgan fingerprint density at radius 3 is 2.53 bits per heavy atom. The number of hydrogen-bond donors (Lipinski definition) is 1. The molecule has 114 valence electrons. The highest BCUT2D eigenvalue weighted by molar-refractivity contribution is 4.86. The van der Waals surface area contributed by atoms with Crippen LogP contribution in [0.15, 0.2) is 0 Å². The van der Waals surface area contributed by atoms with Crippen LogP contribution < -0.4 is 5.32 Å². The molecule has 2 atom stereocenters. The van der Waals surface area contributed by atoms with Crippen molar-refractivity contribution in [1.82, 2.24) is 10.2 Å². The first-order valence-electron chi connectivity index (χ1n) is 8.25. The van der Waals surface area contributed by atoms with Crippen molar-refractivity contribution in [2.45, 2.75) is 78.8 Å². The van der Waals surface area contributed by atoms with Gasteiger partial charge in [-0.15, -0.1) is 0 Å². The summed E-state index contributed by atoms with van der Waals surface area (Å²) in [4.78, 5) is 2.44. The molecule has 0 amide bonds. The zero-order chi connectivity index (χ0) is 14.5. The molecule has 19 heavy (non-hydrogen) atoms. The normalized spacial score (nSPS) is 27.2. The zero-order valence-electron chi connectivity index (χ0n) is 14.1. The van der Waals surface area contributed by atoms with Gasteiger partial charge in [-0.2, -0.15) is 0 Å². The van der Waals surface area contributed by atoms with Gasteiger partial charge >= 0.3 is 0 Å². The predicted molar refractivity (Wildman–Crippen MR) is 85.6 cm³/mol. The molecule has 0 aliphatic heterocycles. The van der Waals surface area contributed by atoms with E-state index in [0.717, 1.165) is 12.0 Å². The molecule has 2 unspecified atom stereocenters. The lowest BCUT2D eigenvalue weighted by Gasteiger charge is -2.39. The van der Waals surface area contributed by atoms with Crippen LogP contribution in [0.2, 0.25) is 0 Å². The van der Waals surface area contributed by atoms with Gasteiger partial charge in [0.15, 0.2) is 0 Å². The summed E-state index contributed by atoms with van der Waals surface area (Å²) in [6.07, 6.45) is 6.74. The smallest absolute Gasteiger partial charge is 0.00930 e. The van der Waals surface area contributed by atoms with Crippen molar-refractivity contribution < 1.29 is 0 Å². The molecular formula is C17H36N2. The third kappa shape index (κ3) is 6.27. The molecule has 0 aromatic rings. The fourth-order valence-electron chi connectivity index (χ4n) is 3.28. The summed E-state index contributed by atoms with van der Waals surface area (Å²) in [5.41, 5.74) is 0.567. The highest BCUT2D eigenvalue weighted by Gasteiger charge is 2.31. The van der Waals surface area contributed by atoms with Crippen LogP contribution in [0.1, 0.15) is 66.7 Å². The lowest BCUT2D eigenvalue weighted by Crippen LogP contribution is -2.42. The van der Waals surface area contributed by atoms with Crippen LogP contribution in [0.25, 0.3) is 0 Å². The fourth-order valence-corrected chi connectivity index (χ4v) is 3.28. The van der Waals surface area contributed by atoms with Gasteiger partial charge in [-0.05, 0) is 77.4 Å². The fraction of sp³-hybridized carbons (Fsp3) is 1.00. The van der Waals surface area contributed by atoms with Crippen LogP contribution in [-0.4, -0.2) is 37.1 Å². The Kier molecular flexibility index (Phi) is 6.82. The molecular weight excluding hydrogens is 232 g/mol. The van der Waals surface area contributed by atoms with Gasteiger partial charge in [-0.25, -0.2) is 0 Å². The van der Waals surface area contributed by atoms with Crippen LogP contribution in [-0.2, 0) is 0 Å². The van der Waals surface area contributed by atoms with Crippen molar-refractivity contribution in [3.8, 4) is 0 Å². The van der Waals surface area contributed by atoms with Gasteiger partial charge in [-0.1, -0.05) is 20.8 Å². The van der Waals surface area contributed by atoms with Gasteiger partial charge in [0.1, 0.15) is 0 Å². The molecule has 1 N–H and O–H groups in total. The Balaban J connectivity index is 2.10. The second-order valence-electron chi connectivity index (χ2n) is 7.73. The van der Waals surface area contributed by atoms with E-state index in [1.807, 2.05) is 0 Å². The minimum Gasteiger partial charge on any atom is -0.314 e. The molecule has 0 aromatic heterocycles. The summed E-state index contributed by atoms with van der Waals surface area (Å²) in [5, 5.41) is 3.79. The number of unbranched alkanes of at least 4 members (excludes halogenated alkanes) is 1. The highest BCUT2D eigenvalue weighted by atomic mass is 15.1. The Morgan fingerprint density at radius 2 is 1.95 bits per heavy atom. The topological polar surface area (TPSA) is 15.3 Å². The second kappa shape index (κ2) is 7.64. The Bertz CT molecular complexity index is 248. The summed E-state index contributed by atoms with van der Waals surface area (Å²) in [7, 11) is 2.23. The Morgan fingerprint density at radius 1 is 1.26 bits per heavy atom. The number of nitrogens with zero attached hydrogens (tertiary/aromatic N) is 1. The average molecular weight is 268 g/mol. The number of hydrogen-bond acceptors (Lipinski definition) is 2. The van der Waals surface area contributed by atoms with Gasteiger partial charge < -0.3 is 10.2 Å². The predicted octanol–water partition coefficient (Wildman–Crippen LogP) is 3.91. The molecule has 0 saturated heterocycles. The maximum absolute atomic E-state index is 3.79. The SMILES string of the molecule is CC1CC(C)(C)CCC1NCCCCN(C)C(C)C. The van der Waals surface area contributed by atoms with Crippen LogP contribution in [0.3, 0.4) is 0 Å². The van der Waals surface area contributed by atoms with Crippen LogP contribution in [0, 0.1) is 11.3 Å². The summed E-state index contributed by atoms with van der Waals surface area (Å²) >= 11 is 0. The van der Waals surface area contributed by atoms with Gasteiger partial charge in [0.25, 0.3) is 0 Å². The van der Waals surface area contributed by atoms with Crippen molar-refractivity contribution >= 4 is 0 Å². The van der Waals surface area contributed by atoms with Crippen molar-refractivity contribution in [3.05, 3.63) is 0 Å². The van der Waals surface area contributed by atoms with Crippen molar-refractivity contribution in [1.29, 1.82) is 0 Å². The first-order valence-corrected chi connectivity index (χ1v) is 8.25. The van der Waals surface area contributed by atoms with E-state index in [-0.39, 0.29) is 0 Å². The van der Waals surface area contributed by atoms with Crippen molar-refractivity contribution in [3.63, 3.8) is 0 Å². The van der Waals surface area contributed by atoms with Crippen molar-refractivity contribution in [2.24, 2.45) is 11.3 Å². The molecule has 0 bridgehead atoms. The average Bonchev–Trinajstić information content (AvgIpc) is 2.30. The molecule has 2 nitrogen and oxygen atoms in total. The molecule has 1 rings (SSSR count). The first kappa shape index (κ1) is 17.0. The van der Waals surface area contributed by atoms with Crippen molar-refractivity contribution in [2.75, 3.05) is 20.1 Å². The maximum atomic E-state index is 3.79. The lowest BCUT2D eigenvalue weighted by atomic mass is 9.70.